The summed E-state index contributed by atoms with van der Waals surface area (Å²) in [5.74, 6) is -0.930. The van der Waals surface area contributed by atoms with Gasteiger partial charge in [0.25, 0.3) is 0 Å². The number of rotatable bonds is 7. The maximum absolute atomic E-state index is 11.4. The van der Waals surface area contributed by atoms with E-state index in [-0.39, 0.29) is 24.5 Å². The highest BCUT2D eigenvalue weighted by atomic mass is 16.5. The first-order valence-corrected chi connectivity index (χ1v) is 5.23. The first-order chi connectivity index (χ1) is 7.45. The van der Waals surface area contributed by atoms with Crippen molar-refractivity contribution in [3.63, 3.8) is 0 Å². The number of nitrogens with one attached hydrogen (secondary N) is 2. The molecule has 0 saturated heterocycles. The van der Waals surface area contributed by atoms with Crippen LogP contribution in [-0.4, -0.2) is 42.9 Å². The Hall–Kier alpha value is -1.30. The minimum atomic E-state index is -0.930. The van der Waals surface area contributed by atoms with E-state index < -0.39 is 5.97 Å². The number of amides is 2. The Bertz CT molecular complexity index is 233. The lowest BCUT2D eigenvalue weighted by Crippen LogP contribution is -2.45. The molecule has 2 atom stereocenters. The Labute approximate surface area is 95.4 Å². The molecule has 16 heavy (non-hydrogen) atoms. The minimum Gasteiger partial charge on any atom is -0.481 e. The van der Waals surface area contributed by atoms with Crippen molar-refractivity contribution >= 4 is 12.0 Å². The number of carboxylic acid groups (broad SMARTS) is 1. The minimum absolute atomic E-state index is 0.00280. The maximum Gasteiger partial charge on any atom is 0.315 e. The number of hydrogen-bond acceptors (Lipinski definition) is 3. The second kappa shape index (κ2) is 7.92. The molecule has 0 fully saturated rings. The molecule has 0 bridgehead atoms. The summed E-state index contributed by atoms with van der Waals surface area (Å²) in [5.41, 5.74) is 0. The number of carbonyl (C=O) groups is 2. The molecule has 0 radical (unpaired) electrons. The highest BCUT2D eigenvalue weighted by molar-refractivity contribution is 5.75. The van der Waals surface area contributed by atoms with Crippen LogP contribution in [0.1, 0.15) is 26.7 Å². The molecule has 0 saturated carbocycles. The molecule has 0 aromatic rings. The summed E-state index contributed by atoms with van der Waals surface area (Å²) < 4.78 is 4.88. The number of ether oxygens (including phenoxy) is 1. The normalized spacial score (nSPS) is 13.9. The van der Waals surface area contributed by atoms with Crippen molar-refractivity contribution in [2.75, 3.05) is 13.7 Å². The Morgan fingerprint density at radius 3 is 2.31 bits per heavy atom. The van der Waals surface area contributed by atoms with Gasteiger partial charge in [0.2, 0.25) is 0 Å². The molecule has 0 aliphatic rings. The average Bonchev–Trinajstić information content (AvgIpc) is 2.12. The quantitative estimate of drug-likeness (QED) is 0.599. The van der Waals surface area contributed by atoms with Crippen LogP contribution in [0, 0.1) is 0 Å². The van der Waals surface area contributed by atoms with E-state index in [4.69, 9.17) is 9.84 Å². The Kier molecular flexibility index (Phi) is 7.28. The molecule has 0 aliphatic carbocycles. The fourth-order valence-electron chi connectivity index (χ4n) is 1.17. The van der Waals surface area contributed by atoms with Crippen LogP contribution in [0.15, 0.2) is 0 Å². The molecule has 0 rings (SSSR count). The smallest absolute Gasteiger partial charge is 0.315 e. The second-order valence-electron chi connectivity index (χ2n) is 3.80. The summed E-state index contributed by atoms with van der Waals surface area (Å²) in [6.07, 6.45) is 0.636. The molecule has 0 spiro atoms. The van der Waals surface area contributed by atoms with Gasteiger partial charge in [-0.2, -0.15) is 0 Å². The van der Waals surface area contributed by atoms with Crippen molar-refractivity contribution in [1.82, 2.24) is 10.6 Å². The van der Waals surface area contributed by atoms with Gasteiger partial charge in [0.15, 0.2) is 0 Å². The number of hydrogen-bond donors (Lipinski definition) is 3. The van der Waals surface area contributed by atoms with Crippen molar-refractivity contribution in [2.45, 2.75) is 38.8 Å². The van der Waals surface area contributed by atoms with E-state index in [0.717, 1.165) is 6.42 Å². The van der Waals surface area contributed by atoms with Crippen LogP contribution in [0.2, 0.25) is 0 Å². The van der Waals surface area contributed by atoms with E-state index in [9.17, 15) is 9.59 Å². The number of carboxylic acids is 1. The van der Waals surface area contributed by atoms with Gasteiger partial charge >= 0.3 is 12.0 Å². The van der Waals surface area contributed by atoms with Crippen molar-refractivity contribution in [3.8, 4) is 0 Å². The molecule has 2 amide bonds. The van der Waals surface area contributed by atoms with Crippen molar-refractivity contribution in [3.05, 3.63) is 0 Å². The van der Waals surface area contributed by atoms with Crippen LogP contribution < -0.4 is 10.6 Å². The first kappa shape index (κ1) is 14.7. The maximum atomic E-state index is 11.4. The molecule has 6 heteroatoms. The molecule has 0 aliphatic heterocycles. The fourth-order valence-corrected chi connectivity index (χ4v) is 1.17. The van der Waals surface area contributed by atoms with Gasteiger partial charge in [-0.1, -0.05) is 0 Å². The van der Waals surface area contributed by atoms with Gasteiger partial charge in [0, 0.05) is 25.8 Å². The van der Waals surface area contributed by atoms with Crippen LogP contribution >= 0.6 is 0 Å². The van der Waals surface area contributed by atoms with Gasteiger partial charge in [0.05, 0.1) is 6.42 Å². The SMILES string of the molecule is COCCC(C)NC(=O)NC(C)CC(=O)O. The lowest BCUT2D eigenvalue weighted by Gasteiger charge is -2.16. The predicted molar refractivity (Wildman–Crippen MR) is 59.3 cm³/mol. The second-order valence-corrected chi connectivity index (χ2v) is 3.80. The summed E-state index contributed by atoms with van der Waals surface area (Å²) >= 11 is 0. The zero-order valence-electron chi connectivity index (χ0n) is 9.95. The van der Waals surface area contributed by atoms with E-state index in [0.29, 0.717) is 6.61 Å². The van der Waals surface area contributed by atoms with Crippen molar-refractivity contribution in [1.29, 1.82) is 0 Å². The van der Waals surface area contributed by atoms with Gasteiger partial charge < -0.3 is 20.5 Å². The fraction of sp³-hybridized carbons (Fsp3) is 0.800. The van der Waals surface area contributed by atoms with E-state index in [1.54, 1.807) is 14.0 Å². The highest BCUT2D eigenvalue weighted by Crippen LogP contribution is 1.93. The summed E-state index contributed by atoms with van der Waals surface area (Å²) in [5, 5.41) is 13.7. The zero-order valence-corrected chi connectivity index (χ0v) is 9.95. The topological polar surface area (TPSA) is 87.7 Å². The largest absolute Gasteiger partial charge is 0.481 e. The summed E-state index contributed by atoms with van der Waals surface area (Å²) in [6.45, 7) is 4.08. The molecular weight excluding hydrogens is 212 g/mol. The lowest BCUT2D eigenvalue weighted by atomic mass is 10.2. The van der Waals surface area contributed by atoms with Crippen LogP contribution in [0.5, 0.6) is 0 Å². The third kappa shape index (κ3) is 8.05. The van der Waals surface area contributed by atoms with Gasteiger partial charge in [0.1, 0.15) is 0 Å². The van der Waals surface area contributed by atoms with Crippen LogP contribution in [0.4, 0.5) is 4.79 Å². The zero-order chi connectivity index (χ0) is 12.6. The van der Waals surface area contributed by atoms with Crippen molar-refractivity contribution < 1.29 is 19.4 Å². The average molecular weight is 232 g/mol. The van der Waals surface area contributed by atoms with E-state index >= 15 is 0 Å². The Morgan fingerprint density at radius 1 is 1.25 bits per heavy atom. The standard InChI is InChI=1S/C10H20N2O4/c1-7(4-5-16-3)11-10(15)12-8(2)6-9(13)14/h7-8H,4-6H2,1-3H3,(H,13,14)(H2,11,12,15). The molecule has 0 aromatic carbocycles. The van der Waals surface area contributed by atoms with Crippen molar-refractivity contribution in [2.24, 2.45) is 0 Å². The Morgan fingerprint density at radius 2 is 1.81 bits per heavy atom. The van der Waals surface area contributed by atoms with Gasteiger partial charge in [-0.05, 0) is 20.3 Å². The molecule has 6 nitrogen and oxygen atoms in total. The van der Waals surface area contributed by atoms with Crippen LogP contribution in [-0.2, 0) is 9.53 Å². The van der Waals surface area contributed by atoms with Gasteiger partial charge in [-0.15, -0.1) is 0 Å². The molecular formula is C10H20N2O4. The van der Waals surface area contributed by atoms with E-state index in [1.807, 2.05) is 6.92 Å². The Balaban J connectivity index is 3.76. The molecule has 94 valence electrons. The monoisotopic (exact) mass is 232 g/mol. The van der Waals surface area contributed by atoms with Gasteiger partial charge in [-0.25, -0.2) is 4.79 Å². The summed E-state index contributed by atoms with van der Waals surface area (Å²) in [6, 6.07) is -0.735. The third-order valence-electron chi connectivity index (χ3n) is 1.99. The van der Waals surface area contributed by atoms with Crippen LogP contribution in [0.3, 0.4) is 0 Å². The summed E-state index contributed by atoms with van der Waals surface area (Å²) in [4.78, 5) is 21.7. The third-order valence-corrected chi connectivity index (χ3v) is 1.99. The molecule has 0 aromatic heterocycles. The van der Waals surface area contributed by atoms with E-state index in [2.05, 4.69) is 10.6 Å². The first-order valence-electron chi connectivity index (χ1n) is 5.23. The van der Waals surface area contributed by atoms with E-state index in [1.165, 1.54) is 0 Å². The predicted octanol–water partition coefficient (Wildman–Crippen LogP) is 0.574. The number of methoxy groups -OCH3 is 1. The number of aliphatic carboxylic acids is 1. The van der Waals surface area contributed by atoms with Crippen LogP contribution in [0.25, 0.3) is 0 Å². The van der Waals surface area contributed by atoms with Gasteiger partial charge in [-0.3, -0.25) is 4.79 Å². The highest BCUT2D eigenvalue weighted by Gasteiger charge is 2.12. The number of carbonyl (C=O) groups excluding carboxylic acids is 1. The molecule has 2 unspecified atom stereocenters. The summed E-state index contributed by atoms with van der Waals surface area (Å²) in [7, 11) is 1.60. The number of urea groups is 1. The molecule has 3 N–H and O–H groups in total. The lowest BCUT2D eigenvalue weighted by molar-refractivity contribution is -0.137. The molecule has 0 heterocycles.